The molecule has 2 heterocycles. The number of morpholine rings is 1. The van der Waals surface area contributed by atoms with Crippen molar-refractivity contribution in [3.05, 3.63) is 0 Å². The quantitative estimate of drug-likeness (QED) is 0.626. The van der Waals surface area contributed by atoms with E-state index in [1.54, 1.807) is 0 Å². The number of rotatable bonds is 3. The first-order valence-corrected chi connectivity index (χ1v) is 8.07. The molecule has 0 spiro atoms. The van der Waals surface area contributed by atoms with E-state index < -0.39 is 0 Å². The first kappa shape index (κ1) is 15.6. The molecule has 2 saturated heterocycles. The lowest BCUT2D eigenvalue weighted by Gasteiger charge is -2.37. The molecule has 0 unspecified atom stereocenters. The smallest absolute Gasteiger partial charge is 0.191 e. The predicted molar refractivity (Wildman–Crippen MR) is 83.0 cm³/mol. The van der Waals surface area contributed by atoms with Crippen LogP contribution in [0.25, 0.3) is 0 Å². The highest BCUT2D eigenvalue weighted by molar-refractivity contribution is 5.78. The van der Waals surface area contributed by atoms with Crippen LogP contribution >= 0.6 is 0 Å². The van der Waals surface area contributed by atoms with Crippen LogP contribution in [0.1, 0.15) is 39.5 Å². The van der Waals surface area contributed by atoms with Crippen LogP contribution in [-0.4, -0.2) is 67.2 Å². The van der Waals surface area contributed by atoms with Gasteiger partial charge in [0.15, 0.2) is 5.96 Å². The van der Waals surface area contributed by atoms with Gasteiger partial charge in [-0.15, -0.1) is 0 Å². The van der Waals surface area contributed by atoms with Crippen LogP contribution in [0.4, 0.5) is 0 Å². The fourth-order valence-electron chi connectivity index (χ4n) is 3.13. The molecular weight excluding hydrogens is 252 g/mol. The number of guanidine groups is 1. The molecule has 2 aliphatic rings. The van der Waals surface area contributed by atoms with Crippen LogP contribution in [0.3, 0.4) is 0 Å². The van der Waals surface area contributed by atoms with Crippen molar-refractivity contribution < 1.29 is 4.74 Å². The molecule has 116 valence electrons. The molecule has 5 heteroatoms. The number of ether oxygens (including phenoxy) is 1. The van der Waals surface area contributed by atoms with Gasteiger partial charge in [-0.3, -0.25) is 9.89 Å². The molecule has 0 saturated carbocycles. The largest absolute Gasteiger partial charge is 0.379 e. The van der Waals surface area contributed by atoms with Gasteiger partial charge in [-0.25, -0.2) is 0 Å². The van der Waals surface area contributed by atoms with Crippen LogP contribution in [0.15, 0.2) is 4.99 Å². The topological polar surface area (TPSA) is 54.1 Å². The average Bonchev–Trinajstić information content (AvgIpc) is 2.74. The lowest BCUT2D eigenvalue weighted by Crippen LogP contribution is -2.49. The van der Waals surface area contributed by atoms with E-state index in [1.165, 1.54) is 25.7 Å². The fourth-order valence-corrected chi connectivity index (χ4v) is 3.13. The molecule has 2 N–H and O–H groups in total. The van der Waals surface area contributed by atoms with E-state index in [2.05, 4.69) is 28.6 Å². The number of hydrogen-bond acceptors (Lipinski definition) is 3. The fraction of sp³-hybridized carbons (Fsp3) is 0.933. The normalized spacial score (nSPS) is 28.2. The first-order chi connectivity index (χ1) is 9.68. The molecule has 2 atom stereocenters. The van der Waals surface area contributed by atoms with E-state index in [0.717, 1.165) is 45.4 Å². The van der Waals surface area contributed by atoms with Gasteiger partial charge >= 0.3 is 0 Å². The zero-order chi connectivity index (χ0) is 14.4. The van der Waals surface area contributed by atoms with Crippen molar-refractivity contribution in [3.63, 3.8) is 0 Å². The third-order valence-electron chi connectivity index (χ3n) is 4.43. The lowest BCUT2D eigenvalue weighted by atomic mass is 10.2. The third-order valence-corrected chi connectivity index (χ3v) is 4.43. The molecule has 2 rings (SSSR count). The Balaban J connectivity index is 1.83. The number of nitrogens with zero attached hydrogens (tertiary/aromatic N) is 3. The number of hydrogen-bond donors (Lipinski definition) is 1. The van der Waals surface area contributed by atoms with Gasteiger partial charge in [0.05, 0.1) is 19.8 Å². The summed E-state index contributed by atoms with van der Waals surface area (Å²) in [5.41, 5.74) is 6.16. The Bertz CT molecular complexity index is 313. The van der Waals surface area contributed by atoms with Crippen molar-refractivity contribution in [3.8, 4) is 0 Å². The van der Waals surface area contributed by atoms with Gasteiger partial charge in [-0.2, -0.15) is 0 Å². The maximum atomic E-state index is 6.16. The van der Waals surface area contributed by atoms with Crippen LogP contribution in [0.5, 0.6) is 0 Å². The standard InChI is InChI=1S/C15H30N4O/c1-13(19-9-10-20-12-14(19)2)11-17-15(16)18-7-5-3-4-6-8-18/h13-14H,3-12H2,1-2H3,(H2,16,17)/t13-,14-/m0/s1. The van der Waals surface area contributed by atoms with Gasteiger partial charge in [-0.1, -0.05) is 12.8 Å². The molecular formula is C15H30N4O. The van der Waals surface area contributed by atoms with Crippen molar-refractivity contribution in [2.75, 3.05) is 39.4 Å². The summed E-state index contributed by atoms with van der Waals surface area (Å²) in [6.45, 7) is 10.0. The van der Waals surface area contributed by atoms with Crippen molar-refractivity contribution in [1.29, 1.82) is 0 Å². The van der Waals surface area contributed by atoms with Gasteiger partial charge in [0, 0.05) is 31.7 Å². The second-order valence-corrected chi connectivity index (χ2v) is 6.11. The molecule has 5 nitrogen and oxygen atoms in total. The highest BCUT2D eigenvalue weighted by atomic mass is 16.5. The van der Waals surface area contributed by atoms with E-state index in [1.807, 2.05) is 0 Å². The average molecular weight is 282 g/mol. The molecule has 2 aliphatic heterocycles. The number of likely N-dealkylation sites (tertiary alicyclic amines) is 1. The molecule has 0 bridgehead atoms. The summed E-state index contributed by atoms with van der Waals surface area (Å²) in [5, 5.41) is 0. The highest BCUT2D eigenvalue weighted by Gasteiger charge is 2.23. The molecule has 0 amide bonds. The number of nitrogens with two attached hydrogens (primary N) is 1. The maximum Gasteiger partial charge on any atom is 0.191 e. The van der Waals surface area contributed by atoms with E-state index >= 15 is 0 Å². The Morgan fingerprint density at radius 3 is 2.60 bits per heavy atom. The van der Waals surface area contributed by atoms with Gasteiger partial charge in [0.25, 0.3) is 0 Å². The second kappa shape index (κ2) is 7.84. The van der Waals surface area contributed by atoms with Crippen molar-refractivity contribution in [1.82, 2.24) is 9.80 Å². The van der Waals surface area contributed by atoms with Crippen molar-refractivity contribution in [2.24, 2.45) is 10.7 Å². The Hall–Kier alpha value is -0.810. The Labute approximate surface area is 123 Å². The lowest BCUT2D eigenvalue weighted by molar-refractivity contribution is -0.0166. The Kier molecular flexibility index (Phi) is 6.10. The van der Waals surface area contributed by atoms with E-state index in [9.17, 15) is 0 Å². The van der Waals surface area contributed by atoms with Crippen LogP contribution in [-0.2, 0) is 4.74 Å². The molecule has 0 aromatic heterocycles. The Morgan fingerprint density at radius 2 is 1.95 bits per heavy atom. The number of aliphatic imine (C=N–C) groups is 1. The third kappa shape index (κ3) is 4.35. The summed E-state index contributed by atoms with van der Waals surface area (Å²) in [6, 6.07) is 0.910. The SMILES string of the molecule is C[C@@H](CN=C(N)N1CCCCCC1)N1CCOC[C@@H]1C. The maximum absolute atomic E-state index is 6.16. The van der Waals surface area contributed by atoms with Gasteiger partial charge in [0.1, 0.15) is 0 Å². The predicted octanol–water partition coefficient (Wildman–Crippen LogP) is 1.29. The van der Waals surface area contributed by atoms with E-state index in [-0.39, 0.29) is 0 Å². The highest BCUT2D eigenvalue weighted by Crippen LogP contribution is 2.12. The van der Waals surface area contributed by atoms with Crippen molar-refractivity contribution in [2.45, 2.75) is 51.6 Å². The van der Waals surface area contributed by atoms with Gasteiger partial charge in [0.2, 0.25) is 0 Å². The first-order valence-electron chi connectivity index (χ1n) is 8.07. The summed E-state index contributed by atoms with van der Waals surface area (Å²) < 4.78 is 5.49. The molecule has 0 aromatic carbocycles. The molecule has 0 aromatic rings. The van der Waals surface area contributed by atoms with Crippen LogP contribution in [0.2, 0.25) is 0 Å². The second-order valence-electron chi connectivity index (χ2n) is 6.11. The summed E-state index contributed by atoms with van der Waals surface area (Å²) in [4.78, 5) is 9.36. The molecule has 2 fully saturated rings. The molecule has 20 heavy (non-hydrogen) atoms. The minimum Gasteiger partial charge on any atom is -0.379 e. The van der Waals surface area contributed by atoms with Crippen molar-refractivity contribution >= 4 is 5.96 Å². The monoisotopic (exact) mass is 282 g/mol. The van der Waals surface area contributed by atoms with Crippen LogP contribution in [0, 0.1) is 0 Å². The Morgan fingerprint density at radius 1 is 1.25 bits per heavy atom. The van der Waals surface area contributed by atoms with Gasteiger partial charge < -0.3 is 15.4 Å². The summed E-state index contributed by atoms with van der Waals surface area (Å²) in [7, 11) is 0. The molecule has 0 radical (unpaired) electrons. The minimum atomic E-state index is 0.430. The van der Waals surface area contributed by atoms with E-state index in [4.69, 9.17) is 10.5 Å². The van der Waals surface area contributed by atoms with E-state index in [0.29, 0.717) is 12.1 Å². The summed E-state index contributed by atoms with van der Waals surface area (Å²) in [6.07, 6.45) is 5.13. The zero-order valence-electron chi connectivity index (χ0n) is 13.1. The van der Waals surface area contributed by atoms with Crippen LogP contribution < -0.4 is 5.73 Å². The summed E-state index contributed by atoms with van der Waals surface area (Å²) >= 11 is 0. The zero-order valence-corrected chi connectivity index (χ0v) is 13.1. The minimum absolute atomic E-state index is 0.430. The summed E-state index contributed by atoms with van der Waals surface area (Å²) in [5.74, 6) is 0.736. The van der Waals surface area contributed by atoms with Gasteiger partial charge in [-0.05, 0) is 26.7 Å². The molecule has 0 aliphatic carbocycles.